The van der Waals surface area contributed by atoms with E-state index in [-0.39, 0.29) is 0 Å². The maximum Gasteiger partial charge on any atom is 0.143 e. The summed E-state index contributed by atoms with van der Waals surface area (Å²) in [6.07, 6.45) is 4.17. The molecule has 2 aromatic rings. The zero-order chi connectivity index (χ0) is 15.4. The smallest absolute Gasteiger partial charge is 0.143 e. The number of fused-ring (bicyclic) bond motifs is 1. The molecule has 0 atom stereocenters. The molecule has 1 aliphatic rings. The summed E-state index contributed by atoms with van der Waals surface area (Å²) in [7, 11) is 0. The lowest BCUT2D eigenvalue weighted by molar-refractivity contribution is 0.240. The molecule has 0 amide bonds. The first-order chi connectivity index (χ1) is 10.8. The van der Waals surface area contributed by atoms with Crippen LogP contribution in [0.25, 0.3) is 10.9 Å². The van der Waals surface area contributed by atoms with Crippen LogP contribution in [0, 0.1) is 11.3 Å². The summed E-state index contributed by atoms with van der Waals surface area (Å²) in [6, 6.07) is 12.4. The van der Waals surface area contributed by atoms with Gasteiger partial charge in [0.05, 0.1) is 5.52 Å². The van der Waals surface area contributed by atoms with Crippen molar-refractivity contribution in [2.24, 2.45) is 0 Å². The Morgan fingerprint density at radius 3 is 2.86 bits per heavy atom. The highest BCUT2D eigenvalue weighted by molar-refractivity contribution is 5.91. The van der Waals surface area contributed by atoms with Gasteiger partial charge in [0.1, 0.15) is 11.8 Å². The molecule has 0 unspecified atom stereocenters. The van der Waals surface area contributed by atoms with E-state index >= 15 is 0 Å². The van der Waals surface area contributed by atoms with Crippen LogP contribution >= 0.6 is 0 Å². The third kappa shape index (κ3) is 3.10. The number of hydrogen-bond acceptors (Lipinski definition) is 4. The molecule has 1 aromatic heterocycles. The third-order valence-corrected chi connectivity index (χ3v) is 4.17. The first kappa shape index (κ1) is 14.6. The van der Waals surface area contributed by atoms with Crippen LogP contribution in [0.1, 0.15) is 18.5 Å². The Morgan fingerprint density at radius 2 is 2.14 bits per heavy atom. The van der Waals surface area contributed by atoms with Crippen LogP contribution in [0.3, 0.4) is 0 Å². The van der Waals surface area contributed by atoms with E-state index in [1.165, 1.54) is 0 Å². The Balaban J connectivity index is 1.79. The zero-order valence-electron chi connectivity index (χ0n) is 12.6. The van der Waals surface area contributed by atoms with Crippen LogP contribution in [0.5, 0.6) is 0 Å². The lowest BCUT2D eigenvalue weighted by Gasteiger charge is -2.32. The van der Waals surface area contributed by atoms with Crippen molar-refractivity contribution in [3.8, 4) is 6.07 Å². The Labute approximate surface area is 131 Å². The fourth-order valence-corrected chi connectivity index (χ4v) is 3.01. The van der Waals surface area contributed by atoms with Crippen LogP contribution in [-0.4, -0.2) is 35.6 Å². The predicted molar refractivity (Wildman–Crippen MR) is 89.7 cm³/mol. The number of nitrogens with one attached hydrogen (secondary N) is 1. The number of anilines is 1. The summed E-state index contributed by atoms with van der Waals surface area (Å²) in [4.78, 5) is 6.78. The number of pyridine rings is 1. The van der Waals surface area contributed by atoms with E-state index in [0.29, 0.717) is 11.7 Å². The van der Waals surface area contributed by atoms with E-state index in [4.69, 9.17) is 5.26 Å². The maximum absolute atomic E-state index is 9.16. The summed E-state index contributed by atoms with van der Waals surface area (Å²) in [6.45, 7) is 6.92. The second-order valence-corrected chi connectivity index (χ2v) is 5.69. The molecule has 4 nitrogen and oxygen atoms in total. The molecule has 112 valence electrons. The van der Waals surface area contributed by atoms with Gasteiger partial charge in [-0.25, -0.2) is 4.98 Å². The average Bonchev–Trinajstić information content (AvgIpc) is 2.56. The van der Waals surface area contributed by atoms with E-state index < -0.39 is 0 Å². The summed E-state index contributed by atoms with van der Waals surface area (Å²) in [5.41, 5.74) is 2.35. The minimum Gasteiger partial charge on any atom is -0.382 e. The number of rotatable bonds is 4. The average molecular weight is 292 g/mol. The van der Waals surface area contributed by atoms with Gasteiger partial charge in [0.2, 0.25) is 0 Å². The normalized spacial score (nSPS) is 16.3. The van der Waals surface area contributed by atoms with Crippen LogP contribution in [-0.2, 0) is 0 Å². The van der Waals surface area contributed by atoms with Gasteiger partial charge < -0.3 is 5.32 Å². The second kappa shape index (κ2) is 6.59. The zero-order valence-corrected chi connectivity index (χ0v) is 12.6. The van der Waals surface area contributed by atoms with Crippen LogP contribution < -0.4 is 5.32 Å². The van der Waals surface area contributed by atoms with Gasteiger partial charge in [-0.2, -0.15) is 5.26 Å². The van der Waals surface area contributed by atoms with Gasteiger partial charge >= 0.3 is 0 Å². The van der Waals surface area contributed by atoms with Crippen molar-refractivity contribution >= 4 is 16.6 Å². The van der Waals surface area contributed by atoms with Gasteiger partial charge in [0, 0.05) is 36.7 Å². The van der Waals surface area contributed by atoms with Crippen molar-refractivity contribution in [2.45, 2.75) is 18.9 Å². The molecule has 0 spiro atoms. The van der Waals surface area contributed by atoms with Crippen molar-refractivity contribution in [1.29, 1.82) is 5.26 Å². The SMILES string of the molecule is C=CCN1CCC(Nc2cc(C#N)nc3ccccc23)CC1. The van der Waals surface area contributed by atoms with Gasteiger partial charge in [-0.15, -0.1) is 6.58 Å². The molecule has 0 aliphatic carbocycles. The van der Waals surface area contributed by atoms with Crippen molar-refractivity contribution < 1.29 is 0 Å². The molecule has 1 aliphatic heterocycles. The van der Waals surface area contributed by atoms with Crippen molar-refractivity contribution in [3.05, 3.63) is 48.7 Å². The summed E-state index contributed by atoms with van der Waals surface area (Å²) in [5, 5.41) is 13.9. The number of likely N-dealkylation sites (tertiary alicyclic amines) is 1. The van der Waals surface area contributed by atoms with Crippen LogP contribution in [0.2, 0.25) is 0 Å². The number of para-hydroxylation sites is 1. The Bertz CT molecular complexity index is 709. The molecular formula is C18H20N4. The summed E-state index contributed by atoms with van der Waals surface area (Å²) < 4.78 is 0. The molecule has 2 heterocycles. The quantitative estimate of drug-likeness (QED) is 0.879. The van der Waals surface area contributed by atoms with Crippen LogP contribution in [0.4, 0.5) is 5.69 Å². The molecule has 1 aromatic carbocycles. The fraction of sp³-hybridized carbons (Fsp3) is 0.333. The number of benzene rings is 1. The van der Waals surface area contributed by atoms with Gasteiger partial charge in [0.25, 0.3) is 0 Å². The lowest BCUT2D eigenvalue weighted by Crippen LogP contribution is -2.39. The first-order valence-corrected chi connectivity index (χ1v) is 7.70. The van der Waals surface area contributed by atoms with E-state index in [2.05, 4.69) is 33.9 Å². The molecule has 3 rings (SSSR count). The Kier molecular flexibility index (Phi) is 4.36. The van der Waals surface area contributed by atoms with Gasteiger partial charge in [-0.3, -0.25) is 4.90 Å². The largest absolute Gasteiger partial charge is 0.382 e. The predicted octanol–water partition coefficient (Wildman–Crippen LogP) is 3.17. The minimum atomic E-state index is 0.443. The highest BCUT2D eigenvalue weighted by Crippen LogP contribution is 2.25. The topological polar surface area (TPSA) is 52.0 Å². The van der Waals surface area contributed by atoms with E-state index in [0.717, 1.165) is 49.1 Å². The molecule has 0 radical (unpaired) electrons. The highest BCUT2D eigenvalue weighted by atomic mass is 15.1. The number of nitriles is 1. The van der Waals surface area contributed by atoms with Crippen molar-refractivity contribution in [1.82, 2.24) is 9.88 Å². The van der Waals surface area contributed by atoms with Crippen molar-refractivity contribution in [2.75, 3.05) is 25.0 Å². The van der Waals surface area contributed by atoms with Crippen LogP contribution in [0.15, 0.2) is 43.0 Å². The molecule has 4 heteroatoms. The lowest BCUT2D eigenvalue weighted by atomic mass is 10.0. The number of aromatic nitrogens is 1. The maximum atomic E-state index is 9.16. The molecule has 1 N–H and O–H groups in total. The van der Waals surface area contributed by atoms with Crippen molar-refractivity contribution in [3.63, 3.8) is 0 Å². The minimum absolute atomic E-state index is 0.443. The number of nitrogens with zero attached hydrogens (tertiary/aromatic N) is 3. The molecular weight excluding hydrogens is 272 g/mol. The Morgan fingerprint density at radius 1 is 1.36 bits per heavy atom. The number of piperidine rings is 1. The summed E-state index contributed by atoms with van der Waals surface area (Å²) in [5.74, 6) is 0. The van der Waals surface area contributed by atoms with Gasteiger partial charge in [0.15, 0.2) is 0 Å². The second-order valence-electron chi connectivity index (χ2n) is 5.69. The summed E-state index contributed by atoms with van der Waals surface area (Å²) >= 11 is 0. The molecule has 1 saturated heterocycles. The highest BCUT2D eigenvalue weighted by Gasteiger charge is 2.19. The number of hydrogen-bond donors (Lipinski definition) is 1. The van der Waals surface area contributed by atoms with E-state index in [1.54, 1.807) is 0 Å². The first-order valence-electron chi connectivity index (χ1n) is 7.70. The fourth-order valence-electron chi connectivity index (χ4n) is 3.01. The third-order valence-electron chi connectivity index (χ3n) is 4.17. The molecule has 22 heavy (non-hydrogen) atoms. The molecule has 0 bridgehead atoms. The molecule has 1 fully saturated rings. The van der Waals surface area contributed by atoms with Gasteiger partial charge in [-0.1, -0.05) is 24.3 Å². The monoisotopic (exact) mass is 292 g/mol. The molecule has 0 saturated carbocycles. The van der Waals surface area contributed by atoms with E-state index in [1.807, 2.05) is 30.3 Å². The standard InChI is InChI=1S/C18H20N4/c1-2-9-22-10-7-14(8-11-22)20-18-12-15(13-19)21-17-6-4-3-5-16(17)18/h2-6,12,14H,1,7-11H2,(H,20,21). The van der Waals surface area contributed by atoms with E-state index in [9.17, 15) is 0 Å². The Hall–Kier alpha value is -2.38. The van der Waals surface area contributed by atoms with Gasteiger partial charge in [-0.05, 0) is 25.0 Å².